The molecule has 0 spiro atoms. The average Bonchev–Trinajstić information content (AvgIpc) is 2.60. The smallest absolute Gasteiger partial charge is 0.310 e. The fourth-order valence-corrected chi connectivity index (χ4v) is 2.04. The molecule has 0 saturated carbocycles. The molecule has 24 heavy (non-hydrogen) atoms. The lowest BCUT2D eigenvalue weighted by molar-refractivity contribution is -0.162. The van der Waals surface area contributed by atoms with Crippen molar-refractivity contribution in [3.63, 3.8) is 0 Å². The highest BCUT2D eigenvalue weighted by atomic mass is 16.7. The van der Waals surface area contributed by atoms with Gasteiger partial charge in [-0.3, -0.25) is 9.59 Å². The van der Waals surface area contributed by atoms with Crippen molar-refractivity contribution < 1.29 is 28.5 Å². The second-order valence-electron chi connectivity index (χ2n) is 5.61. The number of rotatable bonds is 11. The molecule has 0 aliphatic heterocycles. The van der Waals surface area contributed by atoms with Crippen molar-refractivity contribution in [3.05, 3.63) is 35.9 Å². The standard InChI is InChI=1S/C18H26O6/c1-14(17(19)23-12-16-7-5-4-6-8-16)11-15(2)18(20)24-13-22-10-9-21-3/h4-8,14-15H,9-13H2,1-3H3. The van der Waals surface area contributed by atoms with Gasteiger partial charge in [0.25, 0.3) is 0 Å². The van der Waals surface area contributed by atoms with E-state index in [-0.39, 0.29) is 25.3 Å². The summed E-state index contributed by atoms with van der Waals surface area (Å²) >= 11 is 0. The zero-order valence-corrected chi connectivity index (χ0v) is 14.5. The minimum Gasteiger partial charge on any atom is -0.461 e. The molecule has 1 rings (SSSR count). The molecule has 2 unspecified atom stereocenters. The van der Waals surface area contributed by atoms with Crippen LogP contribution in [0.5, 0.6) is 0 Å². The van der Waals surface area contributed by atoms with Gasteiger partial charge in [-0.25, -0.2) is 0 Å². The van der Waals surface area contributed by atoms with Gasteiger partial charge < -0.3 is 18.9 Å². The van der Waals surface area contributed by atoms with Gasteiger partial charge in [-0.2, -0.15) is 0 Å². The van der Waals surface area contributed by atoms with Crippen molar-refractivity contribution in [3.8, 4) is 0 Å². The van der Waals surface area contributed by atoms with Gasteiger partial charge in [0.05, 0.1) is 25.0 Å². The first-order valence-electron chi connectivity index (χ1n) is 7.98. The fraction of sp³-hybridized carbons (Fsp3) is 0.556. The Kier molecular flexibility index (Phi) is 9.72. The monoisotopic (exact) mass is 338 g/mol. The molecule has 6 nitrogen and oxygen atoms in total. The molecule has 134 valence electrons. The van der Waals surface area contributed by atoms with Crippen molar-refractivity contribution in [2.75, 3.05) is 27.1 Å². The Morgan fingerprint density at radius 3 is 2.21 bits per heavy atom. The van der Waals surface area contributed by atoms with E-state index in [9.17, 15) is 9.59 Å². The average molecular weight is 338 g/mol. The Bertz CT molecular complexity index is 488. The van der Waals surface area contributed by atoms with Crippen molar-refractivity contribution in [2.24, 2.45) is 11.8 Å². The summed E-state index contributed by atoms with van der Waals surface area (Å²) < 4.78 is 20.1. The van der Waals surface area contributed by atoms with Gasteiger partial charge in [0.2, 0.25) is 0 Å². The van der Waals surface area contributed by atoms with E-state index in [4.69, 9.17) is 18.9 Å². The molecular weight excluding hydrogens is 312 g/mol. The lowest BCUT2D eigenvalue weighted by Gasteiger charge is -2.16. The predicted molar refractivity (Wildman–Crippen MR) is 88.0 cm³/mol. The quantitative estimate of drug-likeness (QED) is 0.351. The molecule has 1 aromatic rings. The number of carbonyl (C=O) groups excluding carboxylic acids is 2. The Labute approximate surface area is 143 Å². The van der Waals surface area contributed by atoms with Gasteiger partial charge in [-0.1, -0.05) is 44.2 Å². The van der Waals surface area contributed by atoms with Crippen LogP contribution in [0.3, 0.4) is 0 Å². The van der Waals surface area contributed by atoms with E-state index in [1.54, 1.807) is 21.0 Å². The second-order valence-corrected chi connectivity index (χ2v) is 5.61. The first kappa shape index (κ1) is 20.1. The molecule has 0 aromatic heterocycles. The van der Waals surface area contributed by atoms with Crippen LogP contribution in [0.2, 0.25) is 0 Å². The number of esters is 2. The summed E-state index contributed by atoms with van der Waals surface area (Å²) in [5, 5.41) is 0. The Balaban J connectivity index is 2.25. The first-order chi connectivity index (χ1) is 11.5. The van der Waals surface area contributed by atoms with Crippen LogP contribution in [-0.4, -0.2) is 39.1 Å². The van der Waals surface area contributed by atoms with E-state index in [0.717, 1.165) is 5.56 Å². The Morgan fingerprint density at radius 1 is 0.958 bits per heavy atom. The SMILES string of the molecule is COCCOCOC(=O)C(C)CC(C)C(=O)OCc1ccccc1. The van der Waals surface area contributed by atoms with Gasteiger partial charge in [-0.15, -0.1) is 0 Å². The van der Waals surface area contributed by atoms with E-state index in [1.807, 2.05) is 30.3 Å². The molecule has 0 N–H and O–H groups in total. The fourth-order valence-electron chi connectivity index (χ4n) is 2.04. The lowest BCUT2D eigenvalue weighted by Crippen LogP contribution is -2.23. The van der Waals surface area contributed by atoms with E-state index in [2.05, 4.69) is 0 Å². The largest absolute Gasteiger partial charge is 0.461 e. The molecule has 6 heteroatoms. The van der Waals surface area contributed by atoms with Crippen LogP contribution in [0.1, 0.15) is 25.8 Å². The Hall–Kier alpha value is -1.92. The zero-order chi connectivity index (χ0) is 17.8. The normalized spacial score (nSPS) is 13.1. The van der Waals surface area contributed by atoms with Crippen LogP contribution in [-0.2, 0) is 35.1 Å². The molecule has 0 saturated heterocycles. The highest BCUT2D eigenvalue weighted by Gasteiger charge is 2.23. The van der Waals surface area contributed by atoms with E-state index >= 15 is 0 Å². The van der Waals surface area contributed by atoms with Crippen LogP contribution in [0, 0.1) is 11.8 Å². The third kappa shape index (κ3) is 8.08. The predicted octanol–water partition coefficient (Wildman–Crippen LogP) is 2.56. The van der Waals surface area contributed by atoms with E-state index in [0.29, 0.717) is 19.6 Å². The summed E-state index contributed by atoms with van der Waals surface area (Å²) in [6.45, 7) is 4.39. The number of benzene rings is 1. The summed E-state index contributed by atoms with van der Waals surface area (Å²) in [5.41, 5.74) is 0.929. The van der Waals surface area contributed by atoms with Gasteiger partial charge >= 0.3 is 11.9 Å². The summed E-state index contributed by atoms with van der Waals surface area (Å²) in [7, 11) is 1.57. The minimum atomic E-state index is -0.407. The van der Waals surface area contributed by atoms with Gasteiger partial charge in [-0.05, 0) is 12.0 Å². The summed E-state index contributed by atoms with van der Waals surface area (Å²) in [6.07, 6.45) is 0.366. The number of ether oxygens (including phenoxy) is 4. The van der Waals surface area contributed by atoms with Crippen LogP contribution in [0.25, 0.3) is 0 Å². The molecule has 0 radical (unpaired) electrons. The number of hydrogen-bond acceptors (Lipinski definition) is 6. The highest BCUT2D eigenvalue weighted by molar-refractivity contribution is 5.75. The maximum Gasteiger partial charge on any atom is 0.310 e. The molecule has 0 aliphatic rings. The van der Waals surface area contributed by atoms with Gasteiger partial charge in [0.15, 0.2) is 6.79 Å². The van der Waals surface area contributed by atoms with Crippen LogP contribution in [0.15, 0.2) is 30.3 Å². The van der Waals surface area contributed by atoms with Crippen molar-refractivity contribution in [2.45, 2.75) is 26.9 Å². The van der Waals surface area contributed by atoms with Crippen molar-refractivity contribution in [1.29, 1.82) is 0 Å². The van der Waals surface area contributed by atoms with E-state index in [1.165, 1.54) is 0 Å². The lowest BCUT2D eigenvalue weighted by atomic mass is 9.97. The van der Waals surface area contributed by atoms with Gasteiger partial charge in [0.1, 0.15) is 6.61 Å². The summed E-state index contributed by atoms with van der Waals surface area (Å²) in [6, 6.07) is 9.46. The van der Waals surface area contributed by atoms with Crippen LogP contribution >= 0.6 is 0 Å². The molecule has 0 bridgehead atoms. The highest BCUT2D eigenvalue weighted by Crippen LogP contribution is 2.16. The van der Waals surface area contributed by atoms with Crippen molar-refractivity contribution in [1.82, 2.24) is 0 Å². The van der Waals surface area contributed by atoms with Gasteiger partial charge in [0, 0.05) is 7.11 Å². The maximum absolute atomic E-state index is 12.0. The Morgan fingerprint density at radius 2 is 1.58 bits per heavy atom. The summed E-state index contributed by atoms with van der Waals surface area (Å²) in [4.78, 5) is 23.8. The third-order valence-electron chi connectivity index (χ3n) is 3.45. The third-order valence-corrected chi connectivity index (χ3v) is 3.45. The zero-order valence-electron chi connectivity index (χ0n) is 14.5. The first-order valence-corrected chi connectivity index (χ1v) is 7.98. The minimum absolute atomic E-state index is 0.112. The van der Waals surface area contributed by atoms with Crippen LogP contribution < -0.4 is 0 Å². The second kappa shape index (κ2) is 11.6. The topological polar surface area (TPSA) is 71.1 Å². The molecule has 0 heterocycles. The maximum atomic E-state index is 12.0. The van der Waals surface area contributed by atoms with Crippen LogP contribution in [0.4, 0.5) is 0 Å². The number of methoxy groups -OCH3 is 1. The molecule has 2 atom stereocenters. The molecule has 0 fully saturated rings. The number of carbonyl (C=O) groups is 2. The van der Waals surface area contributed by atoms with E-state index < -0.39 is 11.9 Å². The van der Waals surface area contributed by atoms with Crippen molar-refractivity contribution >= 4 is 11.9 Å². The molecule has 0 amide bonds. The molecule has 0 aliphatic carbocycles. The number of hydrogen-bond donors (Lipinski definition) is 0. The summed E-state index contributed by atoms with van der Waals surface area (Å²) in [5.74, 6) is -1.51. The molecule has 1 aromatic carbocycles. The molecular formula is C18H26O6.